The fraction of sp³-hybridized carbons (Fsp3) is 0.545. The second-order valence-electron chi connectivity index (χ2n) is 3.43. The van der Waals surface area contributed by atoms with Gasteiger partial charge in [-0.25, -0.2) is 4.98 Å². The molecule has 1 aromatic rings. The van der Waals surface area contributed by atoms with Crippen molar-refractivity contribution in [2.75, 3.05) is 20.1 Å². The summed E-state index contributed by atoms with van der Waals surface area (Å²) in [5.41, 5.74) is 5.04. The highest BCUT2D eigenvalue weighted by Crippen LogP contribution is 1.79. The largest absolute Gasteiger partial charge is 0.388 e. The molecule has 4 N–H and O–H groups in total. The number of nitrogens with zero attached hydrogens (tertiary/aromatic N) is 3. The van der Waals surface area contributed by atoms with Gasteiger partial charge >= 0.3 is 0 Å². The Kier molecular flexibility index (Phi) is 8.36. The first-order valence-corrected chi connectivity index (χ1v) is 5.46. The first kappa shape index (κ1) is 15.2. The summed E-state index contributed by atoms with van der Waals surface area (Å²) in [5, 5.41) is 3.07. The third-order valence-electron chi connectivity index (χ3n) is 1.83. The van der Waals surface area contributed by atoms with Crippen molar-refractivity contribution < 1.29 is 0 Å². The molecule has 0 amide bonds. The summed E-state index contributed by atoms with van der Waals surface area (Å²) < 4.78 is 0. The van der Waals surface area contributed by atoms with Gasteiger partial charge in [0.25, 0.3) is 0 Å². The van der Waals surface area contributed by atoms with Crippen LogP contribution in [0.25, 0.3) is 0 Å². The lowest BCUT2D eigenvalue weighted by atomic mass is 10.7. The van der Waals surface area contributed by atoms with Gasteiger partial charge in [-0.3, -0.25) is 9.98 Å². The van der Waals surface area contributed by atoms with E-state index in [9.17, 15) is 0 Å². The van der Waals surface area contributed by atoms with Gasteiger partial charge in [0.15, 0.2) is 0 Å². The molecule has 0 aromatic carbocycles. The summed E-state index contributed by atoms with van der Waals surface area (Å²) >= 11 is 0. The fourth-order valence-corrected chi connectivity index (χ4v) is 0.861. The molecule has 0 spiro atoms. The average Bonchev–Trinajstić information content (AvgIpc) is 2.93. The van der Waals surface area contributed by atoms with Crippen LogP contribution in [0.3, 0.4) is 0 Å². The van der Waals surface area contributed by atoms with Crippen molar-refractivity contribution in [2.24, 2.45) is 15.7 Å². The first-order chi connectivity index (χ1) is 8.06. The third-order valence-corrected chi connectivity index (χ3v) is 1.83. The van der Waals surface area contributed by atoms with E-state index in [1.807, 2.05) is 13.8 Å². The summed E-state index contributed by atoms with van der Waals surface area (Å²) in [6.45, 7) is 7.64. The quantitative estimate of drug-likeness (QED) is 0.459. The summed E-state index contributed by atoms with van der Waals surface area (Å²) in [6.07, 6.45) is 3.53. The van der Waals surface area contributed by atoms with Crippen molar-refractivity contribution in [3.05, 3.63) is 18.2 Å². The number of aliphatic imine (C=N–C) groups is 2. The number of hydrogen-bond acceptors (Lipinski definition) is 4. The normalized spacial score (nSPS) is 13.6. The topological polar surface area (TPSA) is 91.4 Å². The van der Waals surface area contributed by atoms with Gasteiger partial charge in [-0.15, -0.1) is 0 Å². The predicted molar refractivity (Wildman–Crippen MR) is 72.5 cm³/mol. The van der Waals surface area contributed by atoms with E-state index in [1.165, 1.54) is 0 Å². The highest BCUT2D eigenvalue weighted by atomic mass is 15.0. The average molecular weight is 238 g/mol. The summed E-state index contributed by atoms with van der Waals surface area (Å²) in [4.78, 5) is 14.4. The minimum absolute atomic E-state index is 0.630. The van der Waals surface area contributed by atoms with Gasteiger partial charge in [0, 0.05) is 26.0 Å². The number of amidine groups is 2. The van der Waals surface area contributed by atoms with Crippen LogP contribution in [0.1, 0.15) is 19.7 Å². The molecule has 0 fully saturated rings. The molecule has 0 aliphatic carbocycles. The number of aromatic amines is 1. The van der Waals surface area contributed by atoms with Crippen LogP contribution in [0.4, 0.5) is 0 Å². The summed E-state index contributed by atoms with van der Waals surface area (Å²) in [6, 6.07) is 0. The maximum absolute atomic E-state index is 5.04. The number of rotatable bonds is 0. The van der Waals surface area contributed by atoms with Crippen molar-refractivity contribution in [3.8, 4) is 0 Å². The van der Waals surface area contributed by atoms with Crippen molar-refractivity contribution in [1.29, 1.82) is 0 Å². The van der Waals surface area contributed by atoms with Crippen molar-refractivity contribution >= 4 is 11.7 Å². The number of nitrogens with one attached hydrogen (secondary N) is 2. The zero-order valence-corrected chi connectivity index (χ0v) is 11.0. The van der Waals surface area contributed by atoms with Gasteiger partial charge in [0.05, 0.1) is 18.2 Å². The molecule has 96 valence electrons. The molecule has 0 saturated carbocycles. The number of hydrogen-bond donors (Lipinski definition) is 3. The third kappa shape index (κ3) is 10.4. The van der Waals surface area contributed by atoms with Crippen molar-refractivity contribution in [3.63, 3.8) is 0 Å². The minimum Gasteiger partial charge on any atom is -0.388 e. The van der Waals surface area contributed by atoms with E-state index >= 15 is 0 Å². The Morgan fingerprint density at radius 3 is 2.24 bits per heavy atom. The molecule has 6 heteroatoms. The second-order valence-corrected chi connectivity index (χ2v) is 3.43. The molecule has 17 heavy (non-hydrogen) atoms. The van der Waals surface area contributed by atoms with E-state index in [0.29, 0.717) is 5.84 Å². The zero-order chi connectivity index (χ0) is 13.1. The van der Waals surface area contributed by atoms with Crippen LogP contribution in [0, 0.1) is 6.92 Å². The monoisotopic (exact) mass is 238 g/mol. The van der Waals surface area contributed by atoms with Gasteiger partial charge in [0.1, 0.15) is 5.82 Å². The number of H-pyrrole nitrogens is 1. The van der Waals surface area contributed by atoms with E-state index in [-0.39, 0.29) is 0 Å². The second kappa shape index (κ2) is 9.38. The van der Waals surface area contributed by atoms with Crippen LogP contribution in [-0.4, -0.2) is 41.8 Å². The van der Waals surface area contributed by atoms with Gasteiger partial charge in [-0.1, -0.05) is 0 Å². The van der Waals surface area contributed by atoms with Gasteiger partial charge in [-0.05, 0) is 20.8 Å². The van der Waals surface area contributed by atoms with Crippen LogP contribution in [0.15, 0.2) is 22.4 Å². The van der Waals surface area contributed by atoms with Crippen molar-refractivity contribution in [2.45, 2.75) is 20.8 Å². The van der Waals surface area contributed by atoms with Gasteiger partial charge < -0.3 is 16.0 Å². The number of imidazole rings is 1. The number of nitrogens with two attached hydrogens (primary N) is 1. The predicted octanol–water partition coefficient (Wildman–Crippen LogP) is 0.719. The Labute approximate surface area is 102 Å². The lowest BCUT2D eigenvalue weighted by Gasteiger charge is -1.85. The standard InChI is InChI=1S/C4H8N2.C4H6N2.C3H8N2/c2*1-4-5-2-3-6-4;1-3(4)5-2/h2-3H2,1H3,(H,5,6);2-3H,1H3,(H,5,6);1-2H3,(H2,4,5). The molecule has 1 aliphatic rings. The Balaban J connectivity index is 0.000000228. The van der Waals surface area contributed by atoms with Crippen LogP contribution in [0.5, 0.6) is 0 Å². The Morgan fingerprint density at radius 2 is 2.12 bits per heavy atom. The molecule has 0 unspecified atom stereocenters. The van der Waals surface area contributed by atoms with Gasteiger partial charge in [-0.2, -0.15) is 0 Å². The fourth-order valence-electron chi connectivity index (χ4n) is 0.861. The number of aryl methyl sites for hydroxylation is 1. The van der Waals surface area contributed by atoms with Crippen LogP contribution < -0.4 is 11.1 Å². The molecule has 2 rings (SSSR count). The van der Waals surface area contributed by atoms with E-state index in [2.05, 4.69) is 25.3 Å². The molecular formula is C11H22N6. The van der Waals surface area contributed by atoms with E-state index < -0.39 is 0 Å². The van der Waals surface area contributed by atoms with Gasteiger partial charge in [0.2, 0.25) is 0 Å². The number of aromatic nitrogens is 2. The van der Waals surface area contributed by atoms with Crippen LogP contribution >= 0.6 is 0 Å². The molecule has 1 aromatic heterocycles. The molecule has 0 atom stereocenters. The smallest absolute Gasteiger partial charge is 0.102 e. The van der Waals surface area contributed by atoms with Crippen LogP contribution in [0.2, 0.25) is 0 Å². The summed E-state index contributed by atoms with van der Waals surface area (Å²) in [5.74, 6) is 2.68. The van der Waals surface area contributed by atoms with E-state index in [4.69, 9.17) is 5.73 Å². The summed E-state index contributed by atoms with van der Waals surface area (Å²) in [7, 11) is 1.66. The lowest BCUT2D eigenvalue weighted by molar-refractivity contribution is 0.958. The zero-order valence-electron chi connectivity index (χ0n) is 11.0. The molecule has 2 heterocycles. The maximum Gasteiger partial charge on any atom is 0.102 e. The molecule has 6 nitrogen and oxygen atoms in total. The maximum atomic E-state index is 5.04. The Morgan fingerprint density at radius 1 is 1.47 bits per heavy atom. The Bertz CT molecular complexity index is 335. The minimum atomic E-state index is 0.630. The molecule has 1 aliphatic heterocycles. The highest BCUT2D eigenvalue weighted by Gasteiger charge is 1.93. The molecular weight excluding hydrogens is 216 g/mol. The van der Waals surface area contributed by atoms with E-state index in [0.717, 1.165) is 24.7 Å². The van der Waals surface area contributed by atoms with E-state index in [1.54, 1.807) is 26.4 Å². The first-order valence-electron chi connectivity index (χ1n) is 5.46. The molecule has 0 saturated heterocycles. The van der Waals surface area contributed by atoms with Crippen molar-refractivity contribution in [1.82, 2.24) is 15.3 Å². The molecule has 0 bridgehead atoms. The molecule has 0 radical (unpaired) electrons. The van der Waals surface area contributed by atoms with Crippen LogP contribution in [-0.2, 0) is 0 Å². The Hall–Kier alpha value is -1.85. The highest BCUT2D eigenvalue weighted by molar-refractivity contribution is 5.80. The SMILES string of the molecule is CC1=NCCN1.CN=C(C)N.Cc1ncc[nH]1. The lowest BCUT2D eigenvalue weighted by Crippen LogP contribution is -2.13.